The van der Waals surface area contributed by atoms with Crippen molar-refractivity contribution < 1.29 is 23.8 Å². The molecule has 2 heterocycles. The van der Waals surface area contributed by atoms with Crippen molar-refractivity contribution in [3.8, 4) is 30.4 Å². The molecule has 2 bridgehead atoms. The zero-order valence-electron chi connectivity index (χ0n) is 21.8. The molecule has 2 aromatic rings. The first-order valence-electron chi connectivity index (χ1n) is 13.3. The lowest BCUT2D eigenvalue weighted by atomic mass is 9.98. The third kappa shape index (κ3) is 7.38. The van der Waals surface area contributed by atoms with Gasteiger partial charge in [0.15, 0.2) is 11.6 Å². The maximum absolute atomic E-state index is 14.7. The van der Waals surface area contributed by atoms with Crippen LogP contribution in [0.2, 0.25) is 0 Å². The number of benzene rings is 2. The highest BCUT2D eigenvalue weighted by Crippen LogP contribution is 2.45. The molecule has 8 heteroatoms. The third-order valence-electron chi connectivity index (χ3n) is 7.25. The van der Waals surface area contributed by atoms with Crippen LogP contribution in [0.5, 0.6) is 5.75 Å². The number of terminal acetylenes is 2. The van der Waals surface area contributed by atoms with Gasteiger partial charge in [-0.3, -0.25) is 9.59 Å². The molecule has 3 atom stereocenters. The Morgan fingerprint density at radius 3 is 2.69 bits per heavy atom. The minimum Gasteiger partial charge on any atom is -0.491 e. The number of aliphatic hydroxyl groups excluding tert-OH is 1. The number of fused-ring (bicyclic) bond motifs is 13. The van der Waals surface area contributed by atoms with Crippen molar-refractivity contribution in [2.45, 2.75) is 68.7 Å². The first kappa shape index (κ1) is 28.2. The largest absolute Gasteiger partial charge is 0.491 e. The van der Waals surface area contributed by atoms with Gasteiger partial charge in [0.2, 0.25) is 11.8 Å². The van der Waals surface area contributed by atoms with Crippen LogP contribution in [0.4, 0.5) is 4.39 Å². The molecule has 0 spiro atoms. The number of carbonyl (C=O) groups excluding carboxylic acids is 2. The lowest BCUT2D eigenvalue weighted by molar-refractivity contribution is -0.129. The molecule has 5 rings (SSSR count). The molecular weight excluding hydrogens is 497 g/mol. The normalized spacial score (nSPS) is 21.9. The minimum atomic E-state index is -1.03. The summed E-state index contributed by atoms with van der Waals surface area (Å²) in [6.45, 7) is 0.428. The van der Waals surface area contributed by atoms with Gasteiger partial charge in [-0.15, -0.1) is 18.8 Å². The van der Waals surface area contributed by atoms with Gasteiger partial charge in [0.25, 0.3) is 0 Å². The standard InChI is InChI=1S/C31H34FN3O4/c1-3-8-25-30(38)35-26(27(36)20-33-31(14-15-31)23-10-7-9-21(4-2)17-23)19-22-12-13-28(24(32)18-22)39-16-6-5-11-29(37)34-25/h1-2,7,9-10,12-13,17-18,25-27,33,36H,5-6,8,11,14-16,19-20H2,(H,34,37)(H,35,38)/t25-,26-,27+/m0/s1. The van der Waals surface area contributed by atoms with Crippen LogP contribution in [-0.4, -0.2) is 48.3 Å². The summed E-state index contributed by atoms with van der Waals surface area (Å²) in [5.41, 5.74) is 2.10. The molecule has 39 heavy (non-hydrogen) atoms. The van der Waals surface area contributed by atoms with Crippen LogP contribution >= 0.6 is 0 Å². The zero-order valence-corrected chi connectivity index (χ0v) is 21.8. The maximum Gasteiger partial charge on any atom is 0.243 e. The summed E-state index contributed by atoms with van der Waals surface area (Å²) < 4.78 is 20.3. The van der Waals surface area contributed by atoms with Gasteiger partial charge < -0.3 is 25.8 Å². The van der Waals surface area contributed by atoms with Crippen LogP contribution in [-0.2, 0) is 21.5 Å². The van der Waals surface area contributed by atoms with E-state index < -0.39 is 29.9 Å². The van der Waals surface area contributed by atoms with Crippen LogP contribution in [0, 0.1) is 30.5 Å². The molecule has 0 radical (unpaired) electrons. The van der Waals surface area contributed by atoms with Crippen LogP contribution in [0.1, 0.15) is 55.2 Å². The molecule has 2 aromatic carbocycles. The molecule has 1 aliphatic carbocycles. The summed E-state index contributed by atoms with van der Waals surface area (Å²) in [4.78, 5) is 25.7. The zero-order chi connectivity index (χ0) is 27.8. The van der Waals surface area contributed by atoms with Gasteiger partial charge in [0.1, 0.15) is 6.04 Å². The van der Waals surface area contributed by atoms with E-state index in [2.05, 4.69) is 27.8 Å². The number of hydrogen-bond donors (Lipinski definition) is 4. The van der Waals surface area contributed by atoms with E-state index in [-0.39, 0.29) is 49.6 Å². The second-order valence-electron chi connectivity index (χ2n) is 10.2. The number of rotatable bonds is 6. The fraction of sp³-hybridized carbons (Fsp3) is 0.419. The number of aliphatic hydroxyl groups is 1. The van der Waals surface area contributed by atoms with Gasteiger partial charge in [-0.1, -0.05) is 24.1 Å². The van der Waals surface area contributed by atoms with E-state index in [9.17, 15) is 19.1 Å². The first-order valence-corrected chi connectivity index (χ1v) is 13.3. The summed E-state index contributed by atoms with van der Waals surface area (Å²) in [5, 5.41) is 20.3. The molecule has 2 amide bonds. The van der Waals surface area contributed by atoms with Gasteiger partial charge in [-0.25, -0.2) is 4.39 Å². The number of hydrogen-bond acceptors (Lipinski definition) is 5. The van der Waals surface area contributed by atoms with Crippen molar-refractivity contribution in [2.75, 3.05) is 13.2 Å². The average Bonchev–Trinajstić information content (AvgIpc) is 3.72. The molecule has 0 unspecified atom stereocenters. The maximum atomic E-state index is 14.7. The fourth-order valence-corrected chi connectivity index (χ4v) is 4.81. The van der Waals surface area contributed by atoms with E-state index in [4.69, 9.17) is 17.6 Å². The fourth-order valence-electron chi connectivity index (χ4n) is 4.81. The summed E-state index contributed by atoms with van der Waals surface area (Å²) in [5.74, 6) is 3.88. The van der Waals surface area contributed by atoms with E-state index in [0.29, 0.717) is 18.4 Å². The number of carbonyl (C=O) groups is 2. The molecular formula is C31H34FN3O4. The Morgan fingerprint density at radius 2 is 1.97 bits per heavy atom. The SMILES string of the molecule is C#CC[C@@H]1NC(=O)CCCCOc2ccc(cc2F)C[C@@H]([C@H](O)CNC2(c3cccc(C#C)c3)CC2)NC1=O. The topological polar surface area (TPSA) is 99.7 Å². The number of halogens is 1. The third-order valence-corrected chi connectivity index (χ3v) is 7.25. The Morgan fingerprint density at radius 1 is 1.15 bits per heavy atom. The van der Waals surface area contributed by atoms with Crippen LogP contribution in [0.15, 0.2) is 42.5 Å². The highest BCUT2D eigenvalue weighted by atomic mass is 19.1. The molecule has 4 N–H and O–H groups in total. The smallest absolute Gasteiger partial charge is 0.243 e. The van der Waals surface area contributed by atoms with Crippen molar-refractivity contribution in [3.05, 3.63) is 65.0 Å². The molecule has 204 valence electrons. The molecule has 7 nitrogen and oxygen atoms in total. The summed E-state index contributed by atoms with van der Waals surface area (Å²) in [7, 11) is 0. The van der Waals surface area contributed by atoms with Crippen molar-refractivity contribution in [1.82, 2.24) is 16.0 Å². The second-order valence-corrected chi connectivity index (χ2v) is 10.2. The lowest BCUT2D eigenvalue weighted by Crippen LogP contribution is -2.55. The Bertz CT molecular complexity index is 1280. The molecule has 1 saturated carbocycles. The highest BCUT2D eigenvalue weighted by molar-refractivity contribution is 5.88. The Balaban J connectivity index is 1.54. The van der Waals surface area contributed by atoms with Gasteiger partial charge in [0.05, 0.1) is 18.8 Å². The highest BCUT2D eigenvalue weighted by Gasteiger charge is 2.44. The Kier molecular flexibility index (Phi) is 9.24. The first-order chi connectivity index (χ1) is 18.8. The van der Waals surface area contributed by atoms with E-state index in [1.165, 1.54) is 6.07 Å². The second kappa shape index (κ2) is 12.8. The molecule has 0 aromatic heterocycles. The monoisotopic (exact) mass is 531 g/mol. The van der Waals surface area contributed by atoms with Crippen LogP contribution in [0.25, 0.3) is 0 Å². The summed E-state index contributed by atoms with van der Waals surface area (Å²) >= 11 is 0. The van der Waals surface area contributed by atoms with Gasteiger partial charge in [-0.2, -0.15) is 0 Å². The van der Waals surface area contributed by atoms with E-state index in [1.54, 1.807) is 12.1 Å². The quantitative estimate of drug-likeness (QED) is 0.430. The van der Waals surface area contributed by atoms with E-state index in [0.717, 1.165) is 24.0 Å². The predicted octanol–water partition coefficient (Wildman–Crippen LogP) is 2.54. The number of ether oxygens (including phenoxy) is 1. The number of nitrogens with one attached hydrogen (secondary N) is 3. The van der Waals surface area contributed by atoms with E-state index >= 15 is 0 Å². The molecule has 2 aliphatic heterocycles. The van der Waals surface area contributed by atoms with Crippen molar-refractivity contribution >= 4 is 11.8 Å². The van der Waals surface area contributed by atoms with Gasteiger partial charge in [-0.05, 0) is 67.5 Å². The predicted molar refractivity (Wildman–Crippen MR) is 146 cm³/mol. The number of amides is 2. The Hall–Kier alpha value is -3.85. The molecule has 3 aliphatic rings. The summed E-state index contributed by atoms with van der Waals surface area (Å²) in [6, 6.07) is 10.6. The summed E-state index contributed by atoms with van der Waals surface area (Å²) in [6.07, 6.45) is 13.2. The molecule has 0 saturated heterocycles. The van der Waals surface area contributed by atoms with Crippen molar-refractivity contribution in [1.29, 1.82) is 0 Å². The lowest BCUT2D eigenvalue weighted by Gasteiger charge is -2.29. The average molecular weight is 532 g/mol. The van der Waals surface area contributed by atoms with Crippen molar-refractivity contribution in [2.24, 2.45) is 0 Å². The van der Waals surface area contributed by atoms with E-state index in [1.807, 2.05) is 24.3 Å². The van der Waals surface area contributed by atoms with Gasteiger partial charge in [0, 0.05) is 30.5 Å². The Labute approximate surface area is 228 Å². The van der Waals surface area contributed by atoms with Crippen molar-refractivity contribution in [3.63, 3.8) is 0 Å². The molecule has 1 fully saturated rings. The minimum absolute atomic E-state index is 0.000293. The van der Waals surface area contributed by atoms with Crippen LogP contribution < -0.4 is 20.7 Å². The van der Waals surface area contributed by atoms with Crippen LogP contribution in [0.3, 0.4) is 0 Å². The van der Waals surface area contributed by atoms with Gasteiger partial charge >= 0.3 is 0 Å².